The number of thioether (sulfide) groups is 1. The molecule has 0 bridgehead atoms. The average Bonchev–Trinajstić information content (AvgIpc) is 3.17. The van der Waals surface area contributed by atoms with Gasteiger partial charge >= 0.3 is 0 Å². The van der Waals surface area contributed by atoms with Gasteiger partial charge in [0.2, 0.25) is 0 Å². The molecule has 3 nitrogen and oxygen atoms in total. The Bertz CT molecular complexity index is 612. The number of ketones is 1. The minimum atomic E-state index is -0.0829. The topological polar surface area (TPSA) is 39.4 Å². The van der Waals surface area contributed by atoms with Gasteiger partial charge in [-0.3, -0.25) is 4.79 Å². The van der Waals surface area contributed by atoms with Crippen LogP contribution >= 0.6 is 11.8 Å². The molecule has 102 valence electrons. The minimum Gasteiger partial charge on any atom is -0.492 e. The van der Waals surface area contributed by atoms with Gasteiger partial charge in [0.25, 0.3) is 0 Å². The van der Waals surface area contributed by atoms with Gasteiger partial charge in [-0.25, -0.2) is 0 Å². The van der Waals surface area contributed by atoms with Gasteiger partial charge in [0.15, 0.2) is 5.78 Å². The molecule has 0 saturated carbocycles. The standard InChI is InChI=1S/C16H14O3S/c17-15(8-7-12-4-3-9-18-12)14-5-1-2-6-16(14)19-10-13-11-20-13/h1-9,13H,10-11H2/b8-7+. The molecule has 1 aromatic heterocycles. The number of rotatable bonds is 6. The summed E-state index contributed by atoms with van der Waals surface area (Å²) in [5.41, 5.74) is 0.584. The largest absolute Gasteiger partial charge is 0.492 e. The van der Waals surface area contributed by atoms with E-state index in [0.29, 0.717) is 28.9 Å². The van der Waals surface area contributed by atoms with Gasteiger partial charge in [0, 0.05) is 11.0 Å². The van der Waals surface area contributed by atoms with E-state index in [4.69, 9.17) is 9.15 Å². The van der Waals surface area contributed by atoms with Crippen LogP contribution in [0.2, 0.25) is 0 Å². The van der Waals surface area contributed by atoms with Crippen molar-refractivity contribution >= 4 is 23.6 Å². The second kappa shape index (κ2) is 6.01. The first-order chi connectivity index (χ1) is 9.83. The Labute approximate surface area is 121 Å². The Hall–Kier alpha value is -1.94. The van der Waals surface area contributed by atoms with Gasteiger partial charge in [-0.1, -0.05) is 12.1 Å². The lowest BCUT2D eigenvalue weighted by Crippen LogP contribution is -2.06. The maximum atomic E-state index is 12.2. The first kappa shape index (κ1) is 13.1. The highest BCUT2D eigenvalue weighted by atomic mass is 32.2. The van der Waals surface area contributed by atoms with E-state index in [-0.39, 0.29) is 5.78 Å². The lowest BCUT2D eigenvalue weighted by atomic mass is 10.1. The zero-order valence-electron chi connectivity index (χ0n) is 10.8. The highest BCUT2D eigenvalue weighted by Crippen LogP contribution is 2.31. The molecule has 2 heterocycles. The molecule has 0 spiro atoms. The zero-order valence-corrected chi connectivity index (χ0v) is 11.6. The van der Waals surface area contributed by atoms with E-state index in [0.717, 1.165) is 5.75 Å². The Morgan fingerprint density at radius 3 is 2.95 bits per heavy atom. The van der Waals surface area contributed by atoms with Crippen LogP contribution in [0.25, 0.3) is 6.08 Å². The van der Waals surface area contributed by atoms with E-state index < -0.39 is 0 Å². The SMILES string of the molecule is O=C(/C=C/c1ccco1)c1ccccc1OCC1CS1. The van der Waals surface area contributed by atoms with Crippen molar-refractivity contribution in [2.24, 2.45) is 0 Å². The fourth-order valence-electron chi connectivity index (χ4n) is 1.78. The van der Waals surface area contributed by atoms with Crippen molar-refractivity contribution in [2.75, 3.05) is 12.4 Å². The summed E-state index contributed by atoms with van der Waals surface area (Å²) < 4.78 is 10.9. The number of carbonyl (C=O) groups excluding carboxylic acids is 1. The molecule has 0 amide bonds. The molecule has 3 rings (SSSR count). The van der Waals surface area contributed by atoms with E-state index in [1.54, 1.807) is 30.5 Å². The van der Waals surface area contributed by atoms with Crippen molar-refractivity contribution < 1.29 is 13.9 Å². The van der Waals surface area contributed by atoms with Crippen molar-refractivity contribution in [1.82, 2.24) is 0 Å². The van der Waals surface area contributed by atoms with Gasteiger partial charge in [0.05, 0.1) is 11.8 Å². The summed E-state index contributed by atoms with van der Waals surface area (Å²) in [6.07, 6.45) is 4.75. The van der Waals surface area contributed by atoms with Crippen LogP contribution in [0.1, 0.15) is 16.1 Å². The van der Waals surface area contributed by atoms with Crippen LogP contribution in [-0.4, -0.2) is 23.4 Å². The molecule has 0 aliphatic carbocycles. The van der Waals surface area contributed by atoms with E-state index in [1.807, 2.05) is 30.0 Å². The lowest BCUT2D eigenvalue weighted by molar-refractivity contribution is 0.104. The maximum Gasteiger partial charge on any atom is 0.189 e. The second-order valence-electron chi connectivity index (χ2n) is 4.48. The molecule has 1 unspecified atom stereocenters. The monoisotopic (exact) mass is 286 g/mol. The van der Waals surface area contributed by atoms with Crippen LogP contribution in [-0.2, 0) is 0 Å². The number of benzene rings is 1. The van der Waals surface area contributed by atoms with Crippen molar-refractivity contribution in [3.63, 3.8) is 0 Å². The fourth-order valence-corrected chi connectivity index (χ4v) is 2.17. The van der Waals surface area contributed by atoms with Gasteiger partial charge in [-0.15, -0.1) is 0 Å². The zero-order chi connectivity index (χ0) is 13.8. The third-order valence-corrected chi connectivity index (χ3v) is 3.86. The van der Waals surface area contributed by atoms with Crippen molar-refractivity contribution in [2.45, 2.75) is 5.25 Å². The summed E-state index contributed by atoms with van der Waals surface area (Å²) in [6.45, 7) is 0.664. The molecule has 1 aromatic carbocycles. The van der Waals surface area contributed by atoms with E-state index in [9.17, 15) is 4.79 Å². The lowest BCUT2D eigenvalue weighted by Gasteiger charge is -2.08. The first-order valence-electron chi connectivity index (χ1n) is 6.42. The van der Waals surface area contributed by atoms with Crippen LogP contribution in [0.4, 0.5) is 0 Å². The van der Waals surface area contributed by atoms with Crippen LogP contribution < -0.4 is 4.74 Å². The maximum absolute atomic E-state index is 12.2. The molecule has 0 N–H and O–H groups in total. The number of allylic oxidation sites excluding steroid dienone is 1. The fraction of sp³-hybridized carbons (Fsp3) is 0.188. The molecular formula is C16H14O3S. The van der Waals surface area contributed by atoms with Crippen LogP contribution in [0.5, 0.6) is 5.75 Å². The number of ether oxygens (including phenoxy) is 1. The molecule has 1 fully saturated rings. The molecular weight excluding hydrogens is 272 g/mol. The summed E-state index contributed by atoms with van der Waals surface area (Å²) in [6, 6.07) is 10.9. The second-order valence-corrected chi connectivity index (χ2v) is 5.81. The van der Waals surface area contributed by atoms with Gasteiger partial charge < -0.3 is 9.15 Å². The van der Waals surface area contributed by atoms with Crippen molar-refractivity contribution in [3.05, 3.63) is 60.1 Å². The number of carbonyl (C=O) groups is 1. The van der Waals surface area contributed by atoms with Gasteiger partial charge in [0.1, 0.15) is 18.1 Å². The average molecular weight is 286 g/mol. The molecule has 1 saturated heterocycles. The Balaban J connectivity index is 1.72. The summed E-state index contributed by atoms with van der Waals surface area (Å²) in [5.74, 6) is 2.37. The van der Waals surface area contributed by atoms with E-state index in [2.05, 4.69) is 0 Å². The third-order valence-electron chi connectivity index (χ3n) is 2.92. The minimum absolute atomic E-state index is 0.0829. The molecule has 1 atom stereocenters. The molecule has 1 aliphatic heterocycles. The summed E-state index contributed by atoms with van der Waals surface area (Å²) in [5, 5.41) is 0.580. The van der Waals surface area contributed by atoms with Crippen molar-refractivity contribution in [1.29, 1.82) is 0 Å². The molecule has 2 aromatic rings. The molecule has 0 radical (unpaired) electrons. The molecule has 20 heavy (non-hydrogen) atoms. The molecule has 4 heteroatoms. The van der Waals surface area contributed by atoms with Gasteiger partial charge in [-0.2, -0.15) is 11.8 Å². The summed E-state index contributed by atoms with van der Waals surface area (Å²) in [4.78, 5) is 12.2. The Morgan fingerprint density at radius 1 is 1.35 bits per heavy atom. The smallest absolute Gasteiger partial charge is 0.189 e. The van der Waals surface area contributed by atoms with E-state index >= 15 is 0 Å². The normalized spacial score (nSPS) is 17.3. The first-order valence-corrected chi connectivity index (χ1v) is 7.47. The van der Waals surface area contributed by atoms with Crippen LogP contribution in [0, 0.1) is 0 Å². The van der Waals surface area contributed by atoms with E-state index in [1.165, 1.54) is 6.08 Å². The van der Waals surface area contributed by atoms with Crippen LogP contribution in [0.3, 0.4) is 0 Å². The highest BCUT2D eigenvalue weighted by molar-refractivity contribution is 8.06. The number of hydrogen-bond donors (Lipinski definition) is 0. The predicted molar refractivity (Wildman–Crippen MR) is 80.3 cm³/mol. The predicted octanol–water partition coefficient (Wildman–Crippen LogP) is 3.67. The number of furan rings is 1. The highest BCUT2D eigenvalue weighted by Gasteiger charge is 2.23. The molecule has 1 aliphatic rings. The Morgan fingerprint density at radius 2 is 2.20 bits per heavy atom. The number of para-hydroxylation sites is 1. The van der Waals surface area contributed by atoms with Crippen molar-refractivity contribution in [3.8, 4) is 5.75 Å². The number of hydrogen-bond acceptors (Lipinski definition) is 4. The Kier molecular flexibility index (Phi) is 3.92. The quantitative estimate of drug-likeness (QED) is 0.461. The summed E-state index contributed by atoms with van der Waals surface area (Å²) >= 11 is 1.87. The van der Waals surface area contributed by atoms with Crippen LogP contribution in [0.15, 0.2) is 53.2 Å². The third kappa shape index (κ3) is 3.33. The van der Waals surface area contributed by atoms with Gasteiger partial charge in [-0.05, 0) is 36.4 Å². The summed E-state index contributed by atoms with van der Waals surface area (Å²) in [7, 11) is 0.